The van der Waals surface area contributed by atoms with Crippen LogP contribution in [0.4, 0.5) is 5.69 Å². The Labute approximate surface area is 125 Å². The third kappa shape index (κ3) is 4.15. The maximum atomic E-state index is 11.0. The molecular formula is C15H23N3O3. The minimum absolute atomic E-state index is 0.0352. The van der Waals surface area contributed by atoms with Gasteiger partial charge in [0.1, 0.15) is 0 Å². The smallest absolute Gasteiger partial charge is 0.311 e. The first-order chi connectivity index (χ1) is 10.1. The summed E-state index contributed by atoms with van der Waals surface area (Å²) in [6.07, 6.45) is 3.42. The Hall–Kier alpha value is -1.66. The molecule has 0 radical (unpaired) electrons. The molecule has 21 heavy (non-hydrogen) atoms. The molecule has 1 aromatic carbocycles. The first-order valence-corrected chi connectivity index (χ1v) is 7.37. The molecule has 0 spiro atoms. The molecule has 1 aliphatic rings. The van der Waals surface area contributed by atoms with Crippen molar-refractivity contribution in [2.45, 2.75) is 25.8 Å². The van der Waals surface area contributed by atoms with E-state index in [1.54, 1.807) is 12.1 Å². The molecule has 1 saturated heterocycles. The molecule has 0 aliphatic carbocycles. The van der Waals surface area contributed by atoms with Gasteiger partial charge in [-0.3, -0.25) is 15.0 Å². The summed E-state index contributed by atoms with van der Waals surface area (Å²) < 4.78 is 5.03. The number of hydrogen-bond donors (Lipinski definition) is 1. The molecule has 6 nitrogen and oxygen atoms in total. The third-order valence-electron chi connectivity index (χ3n) is 4.13. The van der Waals surface area contributed by atoms with Crippen LogP contribution in [0.2, 0.25) is 0 Å². The summed E-state index contributed by atoms with van der Waals surface area (Å²) in [5.41, 5.74) is 6.59. The minimum atomic E-state index is -0.393. The van der Waals surface area contributed by atoms with Crippen LogP contribution in [0.3, 0.4) is 0 Å². The predicted octanol–water partition coefficient (Wildman–Crippen LogP) is 2.16. The van der Waals surface area contributed by atoms with E-state index in [-0.39, 0.29) is 5.69 Å². The Morgan fingerprint density at radius 3 is 2.71 bits per heavy atom. The number of piperidine rings is 1. The highest BCUT2D eigenvalue weighted by atomic mass is 16.6. The van der Waals surface area contributed by atoms with Crippen molar-refractivity contribution in [3.8, 4) is 5.75 Å². The van der Waals surface area contributed by atoms with Gasteiger partial charge >= 0.3 is 5.69 Å². The molecule has 0 amide bonds. The lowest BCUT2D eigenvalue weighted by Gasteiger charge is -2.31. The SMILES string of the molecule is COc1ccc(CN2CCC(CCN)CC2)cc1[N+](=O)[O-]. The van der Waals surface area contributed by atoms with Crippen molar-refractivity contribution < 1.29 is 9.66 Å². The third-order valence-corrected chi connectivity index (χ3v) is 4.13. The fourth-order valence-corrected chi connectivity index (χ4v) is 2.90. The number of nitro benzene ring substituents is 1. The second kappa shape index (κ2) is 7.38. The van der Waals surface area contributed by atoms with Gasteiger partial charge in [0.25, 0.3) is 0 Å². The van der Waals surface area contributed by atoms with Crippen LogP contribution in [0.25, 0.3) is 0 Å². The largest absolute Gasteiger partial charge is 0.490 e. The fraction of sp³-hybridized carbons (Fsp3) is 0.600. The van der Waals surface area contributed by atoms with Crippen molar-refractivity contribution in [1.82, 2.24) is 4.90 Å². The van der Waals surface area contributed by atoms with E-state index < -0.39 is 4.92 Å². The van der Waals surface area contributed by atoms with Gasteiger partial charge in [-0.2, -0.15) is 0 Å². The molecule has 0 bridgehead atoms. The van der Waals surface area contributed by atoms with Gasteiger partial charge in [0.2, 0.25) is 0 Å². The van der Waals surface area contributed by atoms with Crippen LogP contribution in [0.15, 0.2) is 18.2 Å². The molecule has 1 aliphatic heterocycles. The van der Waals surface area contributed by atoms with Crippen LogP contribution >= 0.6 is 0 Å². The molecule has 2 rings (SSSR count). The maximum Gasteiger partial charge on any atom is 0.311 e. The molecule has 1 fully saturated rings. The zero-order valence-corrected chi connectivity index (χ0v) is 12.5. The van der Waals surface area contributed by atoms with E-state index in [4.69, 9.17) is 10.5 Å². The van der Waals surface area contributed by atoms with Gasteiger partial charge in [-0.05, 0) is 56.4 Å². The highest BCUT2D eigenvalue weighted by molar-refractivity contribution is 5.48. The first-order valence-electron chi connectivity index (χ1n) is 7.37. The maximum absolute atomic E-state index is 11.0. The Morgan fingerprint density at radius 1 is 1.43 bits per heavy atom. The second-order valence-corrected chi connectivity index (χ2v) is 5.56. The van der Waals surface area contributed by atoms with Crippen molar-refractivity contribution in [2.24, 2.45) is 11.7 Å². The van der Waals surface area contributed by atoms with Crippen molar-refractivity contribution in [3.63, 3.8) is 0 Å². The number of methoxy groups -OCH3 is 1. The van der Waals surface area contributed by atoms with Crippen molar-refractivity contribution in [2.75, 3.05) is 26.7 Å². The molecule has 6 heteroatoms. The quantitative estimate of drug-likeness (QED) is 0.642. The summed E-state index contributed by atoms with van der Waals surface area (Å²) in [6.45, 7) is 3.57. The normalized spacial score (nSPS) is 16.9. The lowest BCUT2D eigenvalue weighted by atomic mass is 9.93. The predicted molar refractivity (Wildman–Crippen MR) is 81.3 cm³/mol. The average Bonchev–Trinajstić information content (AvgIpc) is 2.49. The monoisotopic (exact) mass is 293 g/mol. The van der Waals surface area contributed by atoms with E-state index in [0.717, 1.165) is 56.9 Å². The molecule has 116 valence electrons. The number of likely N-dealkylation sites (tertiary alicyclic amines) is 1. The molecule has 2 N–H and O–H groups in total. The number of ether oxygens (including phenoxy) is 1. The van der Waals surface area contributed by atoms with Crippen LogP contribution in [0, 0.1) is 16.0 Å². The van der Waals surface area contributed by atoms with Gasteiger partial charge in [0.05, 0.1) is 12.0 Å². The molecule has 0 unspecified atom stereocenters. The Morgan fingerprint density at radius 2 is 2.14 bits per heavy atom. The van der Waals surface area contributed by atoms with Crippen LogP contribution in [0.5, 0.6) is 5.75 Å². The molecule has 0 saturated carbocycles. The number of nitrogens with zero attached hydrogens (tertiary/aromatic N) is 2. The van der Waals surface area contributed by atoms with Gasteiger partial charge in [-0.1, -0.05) is 6.07 Å². The fourth-order valence-electron chi connectivity index (χ4n) is 2.90. The number of nitro groups is 1. The van der Waals surface area contributed by atoms with Crippen LogP contribution < -0.4 is 10.5 Å². The average molecular weight is 293 g/mol. The van der Waals surface area contributed by atoms with Crippen LogP contribution in [-0.2, 0) is 6.54 Å². The lowest BCUT2D eigenvalue weighted by Crippen LogP contribution is -2.33. The van der Waals surface area contributed by atoms with E-state index in [9.17, 15) is 10.1 Å². The van der Waals surface area contributed by atoms with E-state index in [1.807, 2.05) is 6.07 Å². The van der Waals surface area contributed by atoms with Crippen LogP contribution in [-0.4, -0.2) is 36.6 Å². The molecule has 1 heterocycles. The van der Waals surface area contributed by atoms with Crippen LogP contribution in [0.1, 0.15) is 24.8 Å². The molecule has 0 aromatic heterocycles. The minimum Gasteiger partial charge on any atom is -0.490 e. The van der Waals surface area contributed by atoms with E-state index in [0.29, 0.717) is 5.75 Å². The van der Waals surface area contributed by atoms with Crippen molar-refractivity contribution in [1.29, 1.82) is 0 Å². The number of rotatable bonds is 6. The summed E-state index contributed by atoms with van der Waals surface area (Å²) in [5.74, 6) is 1.04. The zero-order chi connectivity index (χ0) is 15.2. The standard InChI is InChI=1S/C15H23N3O3/c1-21-15-3-2-13(10-14(15)18(19)20)11-17-8-5-12(4-7-16)6-9-17/h2-3,10,12H,4-9,11,16H2,1H3. The van der Waals surface area contributed by atoms with E-state index in [1.165, 1.54) is 7.11 Å². The Bertz CT molecular complexity index is 485. The topological polar surface area (TPSA) is 81.6 Å². The summed E-state index contributed by atoms with van der Waals surface area (Å²) in [4.78, 5) is 13.0. The second-order valence-electron chi connectivity index (χ2n) is 5.56. The van der Waals surface area contributed by atoms with Gasteiger partial charge in [-0.15, -0.1) is 0 Å². The summed E-state index contributed by atoms with van der Waals surface area (Å²) in [5, 5.41) is 11.0. The Balaban J connectivity index is 1.97. The Kier molecular flexibility index (Phi) is 5.52. The van der Waals surface area contributed by atoms with Crippen molar-refractivity contribution in [3.05, 3.63) is 33.9 Å². The number of hydrogen-bond acceptors (Lipinski definition) is 5. The summed E-state index contributed by atoms with van der Waals surface area (Å²) in [6, 6.07) is 5.19. The highest BCUT2D eigenvalue weighted by Gasteiger charge is 2.20. The summed E-state index contributed by atoms with van der Waals surface area (Å²) in [7, 11) is 1.45. The van der Waals surface area contributed by atoms with Crippen molar-refractivity contribution >= 4 is 5.69 Å². The summed E-state index contributed by atoms with van der Waals surface area (Å²) >= 11 is 0. The molecule has 1 aromatic rings. The molecular weight excluding hydrogens is 270 g/mol. The highest BCUT2D eigenvalue weighted by Crippen LogP contribution is 2.29. The number of benzene rings is 1. The first kappa shape index (κ1) is 15.7. The zero-order valence-electron chi connectivity index (χ0n) is 12.5. The van der Waals surface area contributed by atoms with Gasteiger partial charge in [0, 0.05) is 12.6 Å². The van der Waals surface area contributed by atoms with E-state index >= 15 is 0 Å². The van der Waals surface area contributed by atoms with E-state index in [2.05, 4.69) is 4.90 Å². The number of nitrogens with two attached hydrogens (primary N) is 1. The molecule has 0 atom stereocenters. The van der Waals surface area contributed by atoms with Gasteiger partial charge in [0.15, 0.2) is 5.75 Å². The van der Waals surface area contributed by atoms with Gasteiger partial charge < -0.3 is 10.5 Å². The lowest BCUT2D eigenvalue weighted by molar-refractivity contribution is -0.385. The van der Waals surface area contributed by atoms with Gasteiger partial charge in [-0.25, -0.2) is 0 Å².